The summed E-state index contributed by atoms with van der Waals surface area (Å²) in [6.07, 6.45) is 0. The molecule has 0 atom stereocenters. The van der Waals surface area contributed by atoms with E-state index in [-0.39, 0.29) is 13.2 Å². The molecule has 0 aliphatic rings. The maximum absolute atomic E-state index is 10.0. The fraction of sp³-hybridized carbons (Fsp3) is 0.875. The Kier molecular flexibility index (Phi) is 10.9. The standard InChI is InChI=1S/C8H17N3O5/c9-11-10-1-2-14-3-4-15-5-6-16-7-8(12)13/h1-7H2,(H2,9,10)(H,12,13). The fourth-order valence-corrected chi connectivity index (χ4v) is 0.762. The van der Waals surface area contributed by atoms with Crippen LogP contribution in [0.4, 0.5) is 0 Å². The van der Waals surface area contributed by atoms with Crippen molar-refractivity contribution in [3.8, 4) is 0 Å². The van der Waals surface area contributed by atoms with Crippen molar-refractivity contribution in [1.29, 1.82) is 0 Å². The minimum absolute atomic E-state index is 0.258. The summed E-state index contributed by atoms with van der Waals surface area (Å²) in [4.78, 5) is 10.0. The second-order valence-corrected chi connectivity index (χ2v) is 2.65. The zero-order valence-corrected chi connectivity index (χ0v) is 9.00. The number of carboxylic acid groups (broad SMARTS) is 1. The molecule has 0 aromatic heterocycles. The second-order valence-electron chi connectivity index (χ2n) is 2.65. The quantitative estimate of drug-likeness (QED) is 0.215. The van der Waals surface area contributed by atoms with E-state index in [0.29, 0.717) is 33.0 Å². The first-order valence-electron chi connectivity index (χ1n) is 4.79. The molecule has 8 nitrogen and oxygen atoms in total. The Morgan fingerprint density at radius 2 is 1.62 bits per heavy atom. The van der Waals surface area contributed by atoms with Crippen LogP contribution in [0.5, 0.6) is 0 Å². The number of rotatable bonds is 11. The molecule has 0 amide bonds. The third kappa shape index (κ3) is 12.8. The highest BCUT2D eigenvalue weighted by atomic mass is 16.5. The number of hydrogen-bond acceptors (Lipinski definition) is 6. The summed E-state index contributed by atoms with van der Waals surface area (Å²) < 4.78 is 15.0. The summed E-state index contributed by atoms with van der Waals surface area (Å²) in [5.41, 5.74) is 0. The summed E-state index contributed by atoms with van der Waals surface area (Å²) in [5.74, 6) is 3.79. The normalized spacial score (nSPS) is 11.0. The number of hydrogen-bond donors (Lipinski definition) is 2. The lowest BCUT2D eigenvalue weighted by Gasteiger charge is -2.04. The first-order chi connectivity index (χ1) is 7.77. The van der Waals surface area contributed by atoms with Crippen molar-refractivity contribution >= 4 is 5.97 Å². The molecule has 0 heterocycles. The van der Waals surface area contributed by atoms with Crippen molar-refractivity contribution < 1.29 is 24.1 Å². The van der Waals surface area contributed by atoms with Crippen LogP contribution in [0.2, 0.25) is 0 Å². The average Bonchev–Trinajstić information content (AvgIpc) is 2.25. The molecule has 0 unspecified atom stereocenters. The molecule has 0 aliphatic carbocycles. The van der Waals surface area contributed by atoms with E-state index in [1.807, 2.05) is 0 Å². The SMILES string of the molecule is NN=NCCOCCOCCOCC(=O)O. The van der Waals surface area contributed by atoms with Gasteiger partial charge in [0.15, 0.2) is 0 Å². The van der Waals surface area contributed by atoms with E-state index >= 15 is 0 Å². The maximum Gasteiger partial charge on any atom is 0.329 e. The zero-order chi connectivity index (χ0) is 12.1. The predicted octanol–water partition coefficient (Wildman–Crippen LogP) is -0.553. The largest absolute Gasteiger partial charge is 0.480 e. The number of nitrogens with two attached hydrogens (primary N) is 1. The van der Waals surface area contributed by atoms with Gasteiger partial charge in [0.25, 0.3) is 0 Å². The van der Waals surface area contributed by atoms with E-state index in [0.717, 1.165) is 0 Å². The Morgan fingerprint density at radius 1 is 1.06 bits per heavy atom. The van der Waals surface area contributed by atoms with Gasteiger partial charge < -0.3 is 25.2 Å². The summed E-state index contributed by atoms with van der Waals surface area (Å²) in [7, 11) is 0. The van der Waals surface area contributed by atoms with Gasteiger partial charge in [-0.05, 0) is 0 Å². The summed E-state index contributed by atoms with van der Waals surface area (Å²) in [6.45, 7) is 2.05. The predicted molar refractivity (Wildman–Crippen MR) is 54.0 cm³/mol. The Bertz CT molecular complexity index is 200. The van der Waals surface area contributed by atoms with Crippen molar-refractivity contribution in [1.82, 2.24) is 0 Å². The van der Waals surface area contributed by atoms with E-state index in [9.17, 15) is 4.79 Å². The van der Waals surface area contributed by atoms with Gasteiger partial charge >= 0.3 is 5.97 Å². The van der Waals surface area contributed by atoms with Crippen LogP contribution in [0.3, 0.4) is 0 Å². The first kappa shape index (κ1) is 14.8. The summed E-state index contributed by atoms with van der Waals surface area (Å²) >= 11 is 0. The molecule has 3 N–H and O–H groups in total. The number of carboxylic acids is 1. The minimum atomic E-state index is -0.989. The van der Waals surface area contributed by atoms with Gasteiger partial charge in [0.2, 0.25) is 0 Å². The molecule has 0 aromatic rings. The Morgan fingerprint density at radius 3 is 2.19 bits per heavy atom. The van der Waals surface area contributed by atoms with Gasteiger partial charge in [-0.3, -0.25) is 0 Å². The van der Waals surface area contributed by atoms with Crippen LogP contribution < -0.4 is 5.84 Å². The lowest BCUT2D eigenvalue weighted by Crippen LogP contribution is -2.13. The van der Waals surface area contributed by atoms with Gasteiger partial charge in [0.1, 0.15) is 6.61 Å². The van der Waals surface area contributed by atoms with Crippen LogP contribution in [0.25, 0.3) is 0 Å². The molecule has 0 saturated carbocycles. The topological polar surface area (TPSA) is 116 Å². The molecule has 0 saturated heterocycles. The molecular weight excluding hydrogens is 218 g/mol. The Balaban J connectivity index is 2.96. The number of ether oxygens (including phenoxy) is 3. The molecule has 0 aromatic carbocycles. The second kappa shape index (κ2) is 11.8. The van der Waals surface area contributed by atoms with Crippen LogP contribution >= 0.6 is 0 Å². The van der Waals surface area contributed by atoms with Crippen LogP contribution in [-0.2, 0) is 19.0 Å². The lowest BCUT2D eigenvalue weighted by molar-refractivity contribution is -0.142. The van der Waals surface area contributed by atoms with Crippen molar-refractivity contribution in [2.45, 2.75) is 0 Å². The third-order valence-electron chi connectivity index (χ3n) is 1.39. The summed E-state index contributed by atoms with van der Waals surface area (Å²) in [6, 6.07) is 0. The van der Waals surface area contributed by atoms with Gasteiger partial charge in [0, 0.05) is 0 Å². The third-order valence-corrected chi connectivity index (χ3v) is 1.39. The van der Waals surface area contributed by atoms with Crippen LogP contribution in [0.1, 0.15) is 0 Å². The molecule has 8 heteroatoms. The molecule has 0 spiro atoms. The Labute approximate surface area is 93.3 Å². The van der Waals surface area contributed by atoms with Crippen LogP contribution in [0.15, 0.2) is 10.3 Å². The Hall–Kier alpha value is -1.25. The average molecular weight is 235 g/mol. The van der Waals surface area contributed by atoms with Crippen molar-refractivity contribution in [3.63, 3.8) is 0 Å². The van der Waals surface area contributed by atoms with E-state index in [4.69, 9.17) is 25.2 Å². The zero-order valence-electron chi connectivity index (χ0n) is 9.00. The minimum Gasteiger partial charge on any atom is -0.480 e. The van der Waals surface area contributed by atoms with Crippen molar-refractivity contribution in [3.05, 3.63) is 0 Å². The highest BCUT2D eigenvalue weighted by Gasteiger charge is 1.95. The van der Waals surface area contributed by atoms with Gasteiger partial charge in [-0.25, -0.2) is 4.79 Å². The number of aliphatic carboxylic acids is 1. The lowest BCUT2D eigenvalue weighted by atomic mass is 10.7. The molecule has 94 valence electrons. The van der Waals surface area contributed by atoms with Crippen molar-refractivity contribution in [2.75, 3.05) is 46.2 Å². The molecule has 16 heavy (non-hydrogen) atoms. The number of carbonyl (C=O) groups is 1. The van der Waals surface area contributed by atoms with Crippen LogP contribution in [0, 0.1) is 0 Å². The van der Waals surface area contributed by atoms with E-state index in [2.05, 4.69) is 10.3 Å². The highest BCUT2D eigenvalue weighted by molar-refractivity contribution is 5.67. The monoisotopic (exact) mass is 235 g/mol. The molecule has 0 fully saturated rings. The highest BCUT2D eigenvalue weighted by Crippen LogP contribution is 1.82. The van der Waals surface area contributed by atoms with Gasteiger partial charge in [-0.1, -0.05) is 5.22 Å². The fourth-order valence-electron chi connectivity index (χ4n) is 0.762. The molecule has 0 aliphatic heterocycles. The summed E-state index contributed by atoms with van der Waals surface area (Å²) in [5, 5.41) is 14.8. The van der Waals surface area contributed by atoms with Crippen LogP contribution in [-0.4, -0.2) is 57.3 Å². The van der Waals surface area contributed by atoms with Gasteiger partial charge in [-0.2, -0.15) is 5.11 Å². The van der Waals surface area contributed by atoms with E-state index in [1.165, 1.54) is 0 Å². The smallest absolute Gasteiger partial charge is 0.329 e. The first-order valence-corrected chi connectivity index (χ1v) is 4.79. The molecule has 0 bridgehead atoms. The molecule has 0 rings (SSSR count). The molecule has 0 radical (unpaired) electrons. The van der Waals surface area contributed by atoms with E-state index in [1.54, 1.807) is 0 Å². The van der Waals surface area contributed by atoms with Gasteiger partial charge in [0.05, 0.1) is 39.6 Å². The molecular formula is C8H17N3O5. The van der Waals surface area contributed by atoms with E-state index < -0.39 is 5.97 Å². The van der Waals surface area contributed by atoms with Gasteiger partial charge in [-0.15, -0.1) is 0 Å². The maximum atomic E-state index is 10.0. The van der Waals surface area contributed by atoms with Crippen molar-refractivity contribution in [2.24, 2.45) is 16.2 Å². The number of nitrogens with zero attached hydrogens (tertiary/aromatic N) is 2.